The van der Waals surface area contributed by atoms with E-state index in [0.29, 0.717) is 23.9 Å². The standard InChI is InChI=1S/C14H18BrClN2O2/c15-11-4-5-13(12(16)10-11)20-9-3-6-17-14(19)18-7-1-2-8-18/h4-5,10H,1-3,6-9H2,(H,17,19). The van der Waals surface area contributed by atoms with Crippen LogP contribution in [-0.2, 0) is 0 Å². The van der Waals surface area contributed by atoms with E-state index in [-0.39, 0.29) is 6.03 Å². The molecule has 1 aromatic rings. The van der Waals surface area contributed by atoms with Gasteiger partial charge in [-0.25, -0.2) is 4.79 Å². The zero-order valence-electron chi connectivity index (χ0n) is 11.2. The molecular weight excluding hydrogens is 344 g/mol. The lowest BCUT2D eigenvalue weighted by molar-refractivity contribution is 0.207. The van der Waals surface area contributed by atoms with Crippen molar-refractivity contribution in [2.24, 2.45) is 0 Å². The van der Waals surface area contributed by atoms with Crippen LogP contribution in [0.2, 0.25) is 5.02 Å². The molecule has 6 heteroatoms. The molecule has 0 atom stereocenters. The van der Waals surface area contributed by atoms with Crippen LogP contribution in [0.25, 0.3) is 0 Å². The van der Waals surface area contributed by atoms with Crippen LogP contribution in [0, 0.1) is 0 Å². The highest BCUT2D eigenvalue weighted by Crippen LogP contribution is 2.27. The number of urea groups is 1. The highest BCUT2D eigenvalue weighted by Gasteiger charge is 2.16. The average Bonchev–Trinajstić information content (AvgIpc) is 2.94. The van der Waals surface area contributed by atoms with Crippen LogP contribution in [-0.4, -0.2) is 37.2 Å². The third-order valence-electron chi connectivity index (χ3n) is 3.14. The lowest BCUT2D eigenvalue weighted by Crippen LogP contribution is -2.38. The summed E-state index contributed by atoms with van der Waals surface area (Å²) in [4.78, 5) is 13.6. The maximum atomic E-state index is 11.7. The second-order valence-electron chi connectivity index (χ2n) is 4.70. The molecule has 1 aliphatic rings. The monoisotopic (exact) mass is 360 g/mol. The largest absolute Gasteiger partial charge is 0.492 e. The van der Waals surface area contributed by atoms with Gasteiger partial charge in [-0.1, -0.05) is 27.5 Å². The summed E-state index contributed by atoms with van der Waals surface area (Å²) in [5.41, 5.74) is 0. The minimum atomic E-state index is 0.0316. The van der Waals surface area contributed by atoms with Gasteiger partial charge >= 0.3 is 6.03 Å². The highest BCUT2D eigenvalue weighted by atomic mass is 79.9. The molecular formula is C14H18BrClN2O2. The molecule has 1 saturated heterocycles. The van der Waals surface area contributed by atoms with Crippen LogP contribution in [0.3, 0.4) is 0 Å². The Morgan fingerprint density at radius 2 is 2.15 bits per heavy atom. The van der Waals surface area contributed by atoms with Crippen molar-refractivity contribution in [3.8, 4) is 5.75 Å². The second-order valence-corrected chi connectivity index (χ2v) is 6.03. The molecule has 0 saturated carbocycles. The summed E-state index contributed by atoms with van der Waals surface area (Å²) in [6.07, 6.45) is 2.98. The van der Waals surface area contributed by atoms with Gasteiger partial charge in [0.05, 0.1) is 11.6 Å². The van der Waals surface area contributed by atoms with Gasteiger partial charge in [0.1, 0.15) is 5.75 Å². The van der Waals surface area contributed by atoms with E-state index in [1.54, 1.807) is 6.07 Å². The van der Waals surface area contributed by atoms with Crippen molar-refractivity contribution in [3.63, 3.8) is 0 Å². The molecule has 1 aliphatic heterocycles. The van der Waals surface area contributed by atoms with Gasteiger partial charge in [-0.15, -0.1) is 0 Å². The number of ether oxygens (including phenoxy) is 1. The Balaban J connectivity index is 1.62. The van der Waals surface area contributed by atoms with E-state index >= 15 is 0 Å². The first kappa shape index (κ1) is 15.4. The molecule has 0 radical (unpaired) electrons. The van der Waals surface area contributed by atoms with Gasteiger partial charge < -0.3 is 15.0 Å². The number of carbonyl (C=O) groups is 1. The van der Waals surface area contributed by atoms with Crippen molar-refractivity contribution in [1.82, 2.24) is 10.2 Å². The Morgan fingerprint density at radius 1 is 1.40 bits per heavy atom. The Bertz CT molecular complexity index is 464. The van der Waals surface area contributed by atoms with E-state index in [1.165, 1.54) is 0 Å². The smallest absolute Gasteiger partial charge is 0.317 e. The fraction of sp³-hybridized carbons (Fsp3) is 0.500. The molecule has 1 heterocycles. The molecule has 0 aromatic heterocycles. The Kier molecular flexibility index (Phi) is 5.98. The predicted octanol–water partition coefficient (Wildman–Crippen LogP) is 3.68. The SMILES string of the molecule is O=C(NCCCOc1ccc(Br)cc1Cl)N1CCCC1. The van der Waals surface area contributed by atoms with Crippen LogP contribution >= 0.6 is 27.5 Å². The van der Waals surface area contributed by atoms with E-state index in [0.717, 1.165) is 36.8 Å². The zero-order chi connectivity index (χ0) is 14.4. The van der Waals surface area contributed by atoms with Gasteiger partial charge in [0, 0.05) is 24.1 Å². The Morgan fingerprint density at radius 3 is 2.85 bits per heavy atom. The van der Waals surface area contributed by atoms with Crippen LogP contribution in [0.4, 0.5) is 4.79 Å². The molecule has 1 aromatic carbocycles. The molecule has 0 bridgehead atoms. The average molecular weight is 362 g/mol. The van der Waals surface area contributed by atoms with Crippen molar-refractivity contribution < 1.29 is 9.53 Å². The molecule has 0 unspecified atom stereocenters. The fourth-order valence-corrected chi connectivity index (χ4v) is 2.80. The van der Waals surface area contributed by atoms with Gasteiger partial charge in [0.25, 0.3) is 0 Å². The number of nitrogens with one attached hydrogen (secondary N) is 1. The zero-order valence-corrected chi connectivity index (χ0v) is 13.5. The van der Waals surface area contributed by atoms with Gasteiger partial charge in [0.2, 0.25) is 0 Å². The van der Waals surface area contributed by atoms with Crippen LogP contribution in [0.1, 0.15) is 19.3 Å². The summed E-state index contributed by atoms with van der Waals surface area (Å²) in [7, 11) is 0. The van der Waals surface area contributed by atoms with Crippen LogP contribution in [0.5, 0.6) is 5.75 Å². The molecule has 0 spiro atoms. The summed E-state index contributed by atoms with van der Waals surface area (Å²) >= 11 is 9.39. The third-order valence-corrected chi connectivity index (χ3v) is 3.93. The minimum Gasteiger partial charge on any atom is -0.492 e. The third kappa shape index (κ3) is 4.56. The van der Waals surface area contributed by atoms with E-state index in [9.17, 15) is 4.79 Å². The van der Waals surface area contributed by atoms with E-state index in [2.05, 4.69) is 21.2 Å². The van der Waals surface area contributed by atoms with Crippen LogP contribution < -0.4 is 10.1 Å². The molecule has 2 rings (SSSR count). The first-order chi connectivity index (χ1) is 9.66. The maximum Gasteiger partial charge on any atom is 0.317 e. The molecule has 4 nitrogen and oxygen atoms in total. The summed E-state index contributed by atoms with van der Waals surface area (Å²) < 4.78 is 6.51. The molecule has 1 N–H and O–H groups in total. The summed E-state index contributed by atoms with van der Waals surface area (Å²) in [6, 6.07) is 5.54. The molecule has 2 amide bonds. The lowest BCUT2D eigenvalue weighted by atomic mass is 10.3. The number of halogens is 2. The van der Waals surface area contributed by atoms with Crippen LogP contribution in [0.15, 0.2) is 22.7 Å². The summed E-state index contributed by atoms with van der Waals surface area (Å²) in [5, 5.41) is 3.48. The number of benzene rings is 1. The normalized spacial score (nSPS) is 14.4. The van der Waals surface area contributed by atoms with E-state index in [4.69, 9.17) is 16.3 Å². The number of likely N-dealkylation sites (tertiary alicyclic amines) is 1. The van der Waals surface area contributed by atoms with Crippen molar-refractivity contribution >= 4 is 33.6 Å². The molecule has 110 valence electrons. The molecule has 0 aliphatic carbocycles. The first-order valence-corrected chi connectivity index (χ1v) is 7.94. The summed E-state index contributed by atoms with van der Waals surface area (Å²) in [5.74, 6) is 0.667. The molecule has 20 heavy (non-hydrogen) atoms. The van der Waals surface area contributed by atoms with E-state index < -0.39 is 0 Å². The van der Waals surface area contributed by atoms with Gasteiger partial charge in [-0.3, -0.25) is 0 Å². The second kappa shape index (κ2) is 7.74. The predicted molar refractivity (Wildman–Crippen MR) is 83.5 cm³/mol. The Hall–Kier alpha value is -0.940. The number of rotatable bonds is 5. The number of hydrogen-bond acceptors (Lipinski definition) is 2. The lowest BCUT2D eigenvalue weighted by Gasteiger charge is -2.16. The number of carbonyl (C=O) groups excluding carboxylic acids is 1. The molecule has 1 fully saturated rings. The topological polar surface area (TPSA) is 41.6 Å². The maximum absolute atomic E-state index is 11.7. The van der Waals surface area contributed by atoms with Crippen molar-refractivity contribution in [2.75, 3.05) is 26.2 Å². The fourth-order valence-electron chi connectivity index (χ4n) is 2.07. The first-order valence-electron chi connectivity index (χ1n) is 6.77. The van der Waals surface area contributed by atoms with Gasteiger partial charge in [0.15, 0.2) is 0 Å². The van der Waals surface area contributed by atoms with Crippen molar-refractivity contribution in [1.29, 1.82) is 0 Å². The highest BCUT2D eigenvalue weighted by molar-refractivity contribution is 9.10. The number of amides is 2. The van der Waals surface area contributed by atoms with Gasteiger partial charge in [-0.05, 0) is 37.5 Å². The number of nitrogens with zero attached hydrogens (tertiary/aromatic N) is 1. The summed E-state index contributed by atoms with van der Waals surface area (Å²) in [6.45, 7) is 2.89. The minimum absolute atomic E-state index is 0.0316. The quantitative estimate of drug-likeness (QED) is 0.813. The Labute approximate surface area is 132 Å². The van der Waals surface area contributed by atoms with E-state index in [1.807, 2.05) is 17.0 Å². The van der Waals surface area contributed by atoms with Crippen molar-refractivity contribution in [3.05, 3.63) is 27.7 Å². The van der Waals surface area contributed by atoms with Crippen molar-refractivity contribution in [2.45, 2.75) is 19.3 Å². The van der Waals surface area contributed by atoms with Gasteiger partial charge in [-0.2, -0.15) is 0 Å². The number of hydrogen-bond donors (Lipinski definition) is 1.